The Labute approximate surface area is 112 Å². The van der Waals surface area contributed by atoms with Gasteiger partial charge in [-0.3, -0.25) is 9.59 Å². The Hall–Kier alpha value is -2.04. The average molecular weight is 265 g/mol. The molecule has 0 radical (unpaired) electrons. The number of amides is 1. The summed E-state index contributed by atoms with van der Waals surface area (Å²) in [6, 6.07) is 7.08. The highest BCUT2D eigenvalue weighted by Crippen LogP contribution is 2.25. The van der Waals surface area contributed by atoms with Gasteiger partial charge in [0.15, 0.2) is 0 Å². The van der Waals surface area contributed by atoms with Crippen LogP contribution in [0.25, 0.3) is 0 Å². The first-order chi connectivity index (χ1) is 8.88. The molecule has 1 aromatic rings. The number of hydrogen-bond donors (Lipinski definition) is 2. The van der Waals surface area contributed by atoms with Gasteiger partial charge < -0.3 is 15.6 Å². The van der Waals surface area contributed by atoms with Gasteiger partial charge in [-0.1, -0.05) is 12.1 Å². The van der Waals surface area contributed by atoms with Gasteiger partial charge in [-0.05, 0) is 31.5 Å². The first-order valence-corrected chi connectivity index (χ1v) is 6.15. The number of nitrogens with two attached hydrogens (primary N) is 1. The molecule has 0 aliphatic rings. The molecule has 5 heteroatoms. The van der Waals surface area contributed by atoms with E-state index in [-0.39, 0.29) is 18.9 Å². The highest BCUT2D eigenvalue weighted by molar-refractivity contribution is 5.76. The number of carbonyl (C=O) groups excluding carboxylic acids is 1. The van der Waals surface area contributed by atoms with E-state index >= 15 is 0 Å². The van der Waals surface area contributed by atoms with Crippen LogP contribution >= 0.6 is 0 Å². The summed E-state index contributed by atoms with van der Waals surface area (Å²) in [5.74, 6) is -1.14. The van der Waals surface area contributed by atoms with E-state index in [4.69, 9.17) is 15.6 Å². The number of carbonyl (C=O) groups is 2. The van der Waals surface area contributed by atoms with Crippen LogP contribution in [0.1, 0.15) is 38.2 Å². The first kappa shape index (κ1) is 15.0. The number of carboxylic acids is 1. The molecule has 0 bridgehead atoms. The lowest BCUT2D eigenvalue weighted by Gasteiger charge is -2.15. The van der Waals surface area contributed by atoms with Crippen molar-refractivity contribution >= 4 is 11.9 Å². The normalized spacial score (nSPS) is 12.2. The Morgan fingerprint density at radius 1 is 1.21 bits per heavy atom. The van der Waals surface area contributed by atoms with Crippen LogP contribution in [-0.4, -0.2) is 23.1 Å². The van der Waals surface area contributed by atoms with E-state index < -0.39 is 17.8 Å². The maximum Gasteiger partial charge on any atom is 0.303 e. The van der Waals surface area contributed by atoms with Crippen molar-refractivity contribution in [1.82, 2.24) is 0 Å². The first-order valence-electron chi connectivity index (χ1n) is 6.15. The summed E-state index contributed by atoms with van der Waals surface area (Å²) in [4.78, 5) is 21.8. The second kappa shape index (κ2) is 6.78. The van der Waals surface area contributed by atoms with Crippen molar-refractivity contribution in [1.29, 1.82) is 0 Å². The minimum Gasteiger partial charge on any atom is -0.491 e. The van der Waals surface area contributed by atoms with Crippen LogP contribution in [0, 0.1) is 0 Å². The third-order valence-corrected chi connectivity index (χ3v) is 2.59. The Morgan fingerprint density at radius 2 is 1.79 bits per heavy atom. The van der Waals surface area contributed by atoms with Gasteiger partial charge in [0.25, 0.3) is 0 Å². The number of carboxylic acid groups (broad SMARTS) is 1. The zero-order chi connectivity index (χ0) is 14.4. The van der Waals surface area contributed by atoms with E-state index in [1.165, 1.54) is 0 Å². The molecule has 0 aliphatic carbocycles. The van der Waals surface area contributed by atoms with Crippen LogP contribution < -0.4 is 10.5 Å². The van der Waals surface area contributed by atoms with Crippen LogP contribution in [0.15, 0.2) is 24.3 Å². The van der Waals surface area contributed by atoms with Crippen LogP contribution in [-0.2, 0) is 9.59 Å². The topological polar surface area (TPSA) is 89.6 Å². The molecule has 0 aliphatic heterocycles. The largest absolute Gasteiger partial charge is 0.491 e. The van der Waals surface area contributed by atoms with E-state index in [9.17, 15) is 9.59 Å². The van der Waals surface area contributed by atoms with Crippen molar-refractivity contribution in [3.05, 3.63) is 29.8 Å². The molecule has 0 heterocycles. The van der Waals surface area contributed by atoms with E-state index in [2.05, 4.69) is 0 Å². The molecule has 19 heavy (non-hydrogen) atoms. The van der Waals surface area contributed by atoms with E-state index in [1.54, 1.807) is 24.3 Å². The van der Waals surface area contributed by atoms with Crippen molar-refractivity contribution in [3.63, 3.8) is 0 Å². The Morgan fingerprint density at radius 3 is 2.21 bits per heavy atom. The van der Waals surface area contributed by atoms with Crippen LogP contribution in [0.3, 0.4) is 0 Å². The van der Waals surface area contributed by atoms with Crippen LogP contribution in [0.5, 0.6) is 5.75 Å². The van der Waals surface area contributed by atoms with Crippen molar-refractivity contribution in [2.24, 2.45) is 5.73 Å². The minimum atomic E-state index is -0.950. The maximum absolute atomic E-state index is 11.0. The predicted molar refractivity (Wildman–Crippen MR) is 71.0 cm³/mol. The van der Waals surface area contributed by atoms with Gasteiger partial charge in [0.05, 0.1) is 12.5 Å². The van der Waals surface area contributed by atoms with Gasteiger partial charge in [-0.25, -0.2) is 0 Å². The predicted octanol–water partition coefficient (Wildman–Crippen LogP) is 1.91. The third kappa shape index (κ3) is 5.42. The van der Waals surface area contributed by atoms with Gasteiger partial charge in [-0.15, -0.1) is 0 Å². The van der Waals surface area contributed by atoms with Gasteiger partial charge in [0, 0.05) is 12.3 Å². The van der Waals surface area contributed by atoms with Gasteiger partial charge in [0.2, 0.25) is 5.91 Å². The fourth-order valence-electron chi connectivity index (χ4n) is 1.85. The molecule has 3 N–H and O–H groups in total. The number of rotatable bonds is 7. The van der Waals surface area contributed by atoms with Gasteiger partial charge >= 0.3 is 5.97 Å². The SMILES string of the molecule is CC(C)Oc1ccc([C@@H](CC(N)=O)CC(=O)O)cc1. The smallest absolute Gasteiger partial charge is 0.303 e. The lowest BCUT2D eigenvalue weighted by molar-refractivity contribution is -0.137. The fraction of sp³-hybridized carbons (Fsp3) is 0.429. The van der Waals surface area contributed by atoms with Crippen molar-refractivity contribution in [2.45, 2.75) is 38.7 Å². The molecular formula is C14H19NO4. The second-order valence-corrected chi connectivity index (χ2v) is 4.70. The van der Waals surface area contributed by atoms with Gasteiger partial charge in [0.1, 0.15) is 5.75 Å². The number of aliphatic carboxylic acids is 1. The molecule has 0 unspecified atom stereocenters. The highest BCUT2D eigenvalue weighted by atomic mass is 16.5. The van der Waals surface area contributed by atoms with E-state index in [0.717, 1.165) is 5.56 Å². The Kier molecular flexibility index (Phi) is 5.36. The van der Waals surface area contributed by atoms with Crippen LogP contribution in [0.4, 0.5) is 0 Å². The molecule has 0 fully saturated rings. The molecule has 1 amide bonds. The molecule has 1 aromatic carbocycles. The maximum atomic E-state index is 11.0. The molecule has 104 valence electrons. The monoisotopic (exact) mass is 265 g/mol. The summed E-state index contributed by atoms with van der Waals surface area (Å²) < 4.78 is 5.50. The lowest BCUT2D eigenvalue weighted by Crippen LogP contribution is -2.17. The number of hydrogen-bond acceptors (Lipinski definition) is 3. The minimum absolute atomic E-state index is 0.0245. The van der Waals surface area contributed by atoms with E-state index in [0.29, 0.717) is 5.75 Å². The zero-order valence-corrected chi connectivity index (χ0v) is 11.1. The number of ether oxygens (including phenoxy) is 1. The highest BCUT2D eigenvalue weighted by Gasteiger charge is 2.18. The number of primary amides is 1. The lowest BCUT2D eigenvalue weighted by atomic mass is 9.92. The Bertz CT molecular complexity index is 423. The average Bonchev–Trinajstić information content (AvgIpc) is 2.27. The van der Waals surface area contributed by atoms with Gasteiger partial charge in [-0.2, -0.15) is 0 Å². The molecule has 5 nitrogen and oxygen atoms in total. The molecule has 0 aromatic heterocycles. The fourth-order valence-corrected chi connectivity index (χ4v) is 1.85. The summed E-state index contributed by atoms with van der Waals surface area (Å²) in [5, 5.41) is 8.85. The summed E-state index contributed by atoms with van der Waals surface area (Å²) in [6.45, 7) is 3.85. The molecule has 0 saturated heterocycles. The van der Waals surface area contributed by atoms with Crippen molar-refractivity contribution in [3.8, 4) is 5.75 Å². The summed E-state index contributed by atoms with van der Waals surface area (Å²) in [5.41, 5.74) is 5.92. The Balaban J connectivity index is 2.83. The zero-order valence-electron chi connectivity index (χ0n) is 11.1. The summed E-state index contributed by atoms with van der Waals surface area (Å²) in [7, 11) is 0. The standard InChI is InChI=1S/C14H19NO4/c1-9(2)19-12-5-3-10(4-6-12)11(7-13(15)16)8-14(17)18/h3-6,9,11H,7-8H2,1-2H3,(H2,15,16)(H,17,18)/t11-/m0/s1. The molecule has 1 atom stereocenters. The second-order valence-electron chi connectivity index (χ2n) is 4.70. The molecule has 1 rings (SSSR count). The number of benzene rings is 1. The van der Waals surface area contributed by atoms with Crippen LogP contribution in [0.2, 0.25) is 0 Å². The summed E-state index contributed by atoms with van der Waals surface area (Å²) in [6.07, 6.45) is -0.0180. The van der Waals surface area contributed by atoms with Crippen molar-refractivity contribution < 1.29 is 19.4 Å². The van der Waals surface area contributed by atoms with Crippen molar-refractivity contribution in [2.75, 3.05) is 0 Å². The van der Waals surface area contributed by atoms with E-state index in [1.807, 2.05) is 13.8 Å². The molecule has 0 spiro atoms. The third-order valence-electron chi connectivity index (χ3n) is 2.59. The molecule has 0 saturated carbocycles. The summed E-state index contributed by atoms with van der Waals surface area (Å²) >= 11 is 0. The quantitative estimate of drug-likeness (QED) is 0.788. The molecular weight excluding hydrogens is 246 g/mol.